The molecule has 0 saturated carbocycles. The Bertz CT molecular complexity index is 3150. The van der Waals surface area contributed by atoms with Gasteiger partial charge in [0.2, 0.25) is 0 Å². The molecule has 5 heterocycles. The molecule has 576 valence electrons. The van der Waals surface area contributed by atoms with Crippen LogP contribution >= 0.6 is 15.9 Å². The number of hydrogen-bond acceptors (Lipinski definition) is 40. The van der Waals surface area contributed by atoms with Gasteiger partial charge in [-0.1, -0.05) is 21.0 Å². The molecule has 0 aromatic carbocycles. The van der Waals surface area contributed by atoms with Crippen molar-refractivity contribution < 1.29 is 186 Å². The van der Waals surface area contributed by atoms with Crippen molar-refractivity contribution >= 4 is 105 Å². The molecule has 0 aromatic rings. The summed E-state index contributed by atoms with van der Waals surface area (Å²) in [5, 5.41) is 2.18. The third kappa shape index (κ3) is 25.4. The van der Waals surface area contributed by atoms with E-state index in [0.717, 1.165) is 104 Å². The summed E-state index contributed by atoms with van der Waals surface area (Å²) in [6.45, 7) is 9.57. The molecule has 0 aromatic heterocycles. The second-order valence-electron chi connectivity index (χ2n) is 23.0. The van der Waals surface area contributed by atoms with Gasteiger partial charge in [-0.3, -0.25) is 71.9 Å². The second-order valence-corrected chi connectivity index (χ2v) is 23.9. The zero-order valence-electron chi connectivity index (χ0n) is 58.1. The first-order valence-electron chi connectivity index (χ1n) is 31.3. The second kappa shape index (κ2) is 39.4. The van der Waals surface area contributed by atoms with E-state index in [1.54, 1.807) is 0 Å². The van der Waals surface area contributed by atoms with Crippen LogP contribution in [0.5, 0.6) is 0 Å². The van der Waals surface area contributed by atoms with Gasteiger partial charge >= 0.3 is 89.5 Å². The summed E-state index contributed by atoms with van der Waals surface area (Å²) in [6, 6.07) is 0. The van der Waals surface area contributed by atoms with E-state index in [0.29, 0.717) is 0 Å². The third-order valence-corrected chi connectivity index (χ3v) is 15.3. The first-order valence-corrected chi connectivity index (χ1v) is 32.2. The summed E-state index contributed by atoms with van der Waals surface area (Å²) >= 11 is 3.24. The van der Waals surface area contributed by atoms with Gasteiger partial charge in [0.15, 0.2) is 97.3 Å². The fourth-order valence-electron chi connectivity index (χ4n) is 11.2. The number of nitrogens with zero attached hydrogens (tertiary/aromatic N) is 3. The van der Waals surface area contributed by atoms with E-state index >= 15 is 0 Å². The maximum Gasteiger partial charge on any atom is 0.303 e. The first-order chi connectivity index (χ1) is 48.3. The summed E-state index contributed by atoms with van der Waals surface area (Å²) in [4.78, 5) is 197. The van der Waals surface area contributed by atoms with Crippen LogP contribution in [0.2, 0.25) is 0 Å². The lowest BCUT2D eigenvalue weighted by Crippen LogP contribution is -2.70. The largest absolute Gasteiger partial charge is 0.463 e. The predicted octanol–water partition coefficient (Wildman–Crippen LogP) is -0.642. The van der Waals surface area contributed by atoms with Crippen molar-refractivity contribution in [3.8, 4) is 0 Å². The molecule has 0 bridgehead atoms. The summed E-state index contributed by atoms with van der Waals surface area (Å²) in [7, 11) is 0. The predicted molar refractivity (Wildman–Crippen MR) is 323 cm³/mol. The number of carbonyl (C=O) groups excluding carboxylic acids is 15. The molecule has 43 heteroatoms. The Hall–Kier alpha value is -8.52. The molecule has 5 aliphatic rings. The van der Waals surface area contributed by atoms with Gasteiger partial charge in [0.05, 0.1) is 6.54 Å². The van der Waals surface area contributed by atoms with E-state index in [2.05, 4.69) is 26.0 Å². The molecule has 0 aliphatic carbocycles. The normalized spacial score (nSPS) is 33.1. The van der Waals surface area contributed by atoms with Crippen LogP contribution in [0.4, 0.5) is 0 Å². The highest BCUT2D eigenvalue weighted by atomic mass is 79.9. The van der Waals surface area contributed by atoms with Crippen molar-refractivity contribution in [3.63, 3.8) is 0 Å². The Morgan fingerprint density at radius 2 is 0.466 bits per heavy atom. The molecule has 0 spiro atoms. The van der Waals surface area contributed by atoms with Crippen LogP contribution in [0.1, 0.15) is 104 Å². The van der Waals surface area contributed by atoms with Gasteiger partial charge in [0, 0.05) is 109 Å². The van der Waals surface area contributed by atoms with E-state index in [1.807, 2.05) is 0 Å². The molecule has 5 aliphatic heterocycles. The Morgan fingerprint density at radius 1 is 0.272 bits per heavy atom. The average Bonchev–Trinajstić information content (AvgIpc) is 0.764. The van der Waals surface area contributed by atoms with Gasteiger partial charge in [-0.2, -0.15) is 0 Å². The topological polar surface area (TPSA) is 526 Å². The highest BCUT2D eigenvalue weighted by Crippen LogP contribution is 2.42. The van der Waals surface area contributed by atoms with Crippen LogP contribution in [-0.2, 0) is 186 Å². The fourth-order valence-corrected chi connectivity index (χ4v) is 11.9. The van der Waals surface area contributed by atoms with Gasteiger partial charge in [-0.25, -0.2) is 0 Å². The van der Waals surface area contributed by atoms with Crippen LogP contribution in [0.3, 0.4) is 0 Å². The maximum atomic E-state index is 13.6. The van der Waals surface area contributed by atoms with Crippen LogP contribution in [-0.4, -0.2) is 275 Å². The number of esters is 15. The van der Waals surface area contributed by atoms with E-state index < -0.39 is 275 Å². The standard InChI is InChI=1S/C60H80BrN3O39/c1-21(65)80-17-37-42(46(85-26(6)70)51(56(61)95-37)90-31(11)75)100-58-53(92-33(13)77)49(88-29(9)73)44(39(97-58)19-82-23(3)67)102-60-55(94-35(15)79)50(89-30(10)74)45(40(99-60)20-83-24(4)68)103-59-54(93-34(14)78)48(87-28(8)72)43(38(98-59)18-81-22(2)66)101-57-52(91-32(12)76)47(86-27(7)71)41(84-25(5)69)36(96-57)16-63-64-62/h36-60H,16-20H2,1-15H3/t36-,37-,38-,39-,40-,41-,42-,43-,44-,45-,46+,47+,48+,49+,50+,51-,52-,53-,54-,55-,56?,57-,58-,59-,60-/m1/s1. The molecule has 0 amide bonds. The fraction of sp³-hybridized carbons (Fsp3) is 0.750. The van der Waals surface area contributed by atoms with Crippen LogP contribution < -0.4 is 0 Å². The molecule has 1 unspecified atom stereocenters. The first kappa shape index (κ1) is 85.1. The smallest absolute Gasteiger partial charge is 0.303 e. The molecule has 5 fully saturated rings. The van der Waals surface area contributed by atoms with Crippen molar-refractivity contribution in [2.45, 2.75) is 256 Å². The van der Waals surface area contributed by atoms with Crippen molar-refractivity contribution in [2.75, 3.05) is 33.0 Å². The highest BCUT2D eigenvalue weighted by Gasteiger charge is 2.63. The Labute approximate surface area is 593 Å². The minimum atomic E-state index is -2.30. The Kier molecular flexibility index (Phi) is 32.5. The van der Waals surface area contributed by atoms with Crippen molar-refractivity contribution in [1.82, 2.24) is 0 Å². The quantitative estimate of drug-likeness (QED) is 0.0224. The van der Waals surface area contributed by atoms with Gasteiger partial charge in [0.1, 0.15) is 81.4 Å². The third-order valence-electron chi connectivity index (χ3n) is 14.6. The summed E-state index contributed by atoms with van der Waals surface area (Å²) in [6.07, 6.45) is -47.7. The minimum Gasteiger partial charge on any atom is -0.463 e. The molecule has 25 atom stereocenters. The van der Waals surface area contributed by atoms with E-state index in [4.69, 9.17) is 114 Å². The van der Waals surface area contributed by atoms with Crippen molar-refractivity contribution in [2.24, 2.45) is 5.11 Å². The van der Waals surface area contributed by atoms with Crippen molar-refractivity contribution in [3.05, 3.63) is 10.4 Å². The summed E-state index contributed by atoms with van der Waals surface area (Å²) < 4.78 is 142. The monoisotopic (exact) mass is 1550 g/mol. The molecule has 5 rings (SSSR count). The molecular weight excluding hydrogens is 1470 g/mol. The number of rotatable bonds is 29. The lowest BCUT2D eigenvalue weighted by molar-refractivity contribution is -0.391. The summed E-state index contributed by atoms with van der Waals surface area (Å²) in [5.74, 6) is -16.1. The van der Waals surface area contributed by atoms with Gasteiger partial charge in [0.25, 0.3) is 0 Å². The Morgan fingerprint density at radius 3 is 0.699 bits per heavy atom. The molecule has 5 saturated heterocycles. The summed E-state index contributed by atoms with van der Waals surface area (Å²) in [5.41, 5.74) is 9.36. The van der Waals surface area contributed by atoms with Crippen LogP contribution in [0, 0.1) is 0 Å². The average molecular weight is 1550 g/mol. The maximum absolute atomic E-state index is 13.6. The number of halogens is 1. The zero-order valence-corrected chi connectivity index (χ0v) is 59.7. The molecule has 0 radical (unpaired) electrons. The van der Waals surface area contributed by atoms with Crippen LogP contribution in [0.15, 0.2) is 5.11 Å². The molecule has 42 nitrogen and oxygen atoms in total. The Balaban J connectivity index is 1.73. The number of hydrogen-bond donors (Lipinski definition) is 0. The number of azide groups is 1. The van der Waals surface area contributed by atoms with Gasteiger partial charge in [-0.15, -0.1) is 0 Å². The molecule has 103 heavy (non-hydrogen) atoms. The van der Waals surface area contributed by atoms with Gasteiger partial charge < -0.3 is 114 Å². The minimum absolute atomic E-state index is 0.680. The SMILES string of the molecule is CC(=O)OC[C@H]1O[C@H](O[C@H]2[C@H](OC(C)=O)[C@@H](OC(C)=O)[C@@H](O[C@H]3[C@H](OC(C)=O)[C@@H](OC(C)=O)[C@@H](O[C@H]4[C@H](OC(C)=O)[C@@H](OC(C)=O)C(Br)O[C@@H]4COC(C)=O)O[C@@H]3COC(C)=O)O[C@@H]2COC(C)=O)[C@H](OC(C)=O)[C@@H](OC(C)=O)[C@@H]1O[C@H]1O[C@H](CN=[N+]=[N-])[C@@H](OC(C)=O)[C@H](OC(C)=O)[C@H]1OC(C)=O. The number of alkyl halides is 1. The van der Waals surface area contributed by atoms with Gasteiger partial charge in [-0.05, 0) is 5.53 Å². The lowest BCUT2D eigenvalue weighted by Gasteiger charge is -2.51. The van der Waals surface area contributed by atoms with Crippen LogP contribution in [0.25, 0.3) is 10.4 Å². The van der Waals surface area contributed by atoms with E-state index in [-0.39, 0.29) is 0 Å². The highest BCUT2D eigenvalue weighted by molar-refractivity contribution is 9.09. The number of carbonyl (C=O) groups is 15. The van der Waals surface area contributed by atoms with E-state index in [1.165, 1.54) is 0 Å². The molecule has 0 N–H and O–H groups in total. The molecular formula is C60H80BrN3O39. The van der Waals surface area contributed by atoms with E-state index in [9.17, 15) is 77.4 Å². The zero-order chi connectivity index (χ0) is 77.0. The lowest BCUT2D eigenvalue weighted by atomic mass is 9.94. The number of ether oxygens (including phenoxy) is 24. The van der Waals surface area contributed by atoms with Crippen molar-refractivity contribution in [1.29, 1.82) is 0 Å².